The minimum absolute atomic E-state index is 0.200. The molecule has 0 saturated heterocycles. The van der Waals surface area contributed by atoms with Gasteiger partial charge in [0.25, 0.3) is 6.43 Å². The quantitative estimate of drug-likeness (QED) is 0.529. The van der Waals surface area contributed by atoms with Gasteiger partial charge < -0.3 is 5.32 Å². The van der Waals surface area contributed by atoms with Gasteiger partial charge in [-0.3, -0.25) is 4.68 Å². The highest BCUT2D eigenvalue weighted by atomic mass is 19.3. The molecule has 0 bridgehead atoms. The maximum Gasteiger partial charge on any atom is 0.280 e. The minimum atomic E-state index is -2.68. The summed E-state index contributed by atoms with van der Waals surface area (Å²) in [7, 11) is 1.46. The van der Waals surface area contributed by atoms with Crippen molar-refractivity contribution in [2.24, 2.45) is 7.05 Å². The number of alkyl halides is 2. The van der Waals surface area contributed by atoms with Crippen LogP contribution >= 0.6 is 0 Å². The van der Waals surface area contributed by atoms with Crippen LogP contribution in [-0.2, 0) is 7.05 Å². The fraction of sp³-hybridized carbons (Fsp3) is 0.150. The maximum atomic E-state index is 14.4. The van der Waals surface area contributed by atoms with E-state index in [4.69, 9.17) is 0 Å². The number of fused-ring (bicyclic) bond motifs is 1. The number of anilines is 2. The molecule has 0 spiro atoms. The van der Waals surface area contributed by atoms with E-state index < -0.39 is 12.2 Å². The van der Waals surface area contributed by atoms with E-state index in [0.717, 1.165) is 16.4 Å². The van der Waals surface area contributed by atoms with Gasteiger partial charge in [0.1, 0.15) is 23.1 Å². The van der Waals surface area contributed by atoms with Crippen molar-refractivity contribution in [3.63, 3.8) is 0 Å². The number of hydrogen-bond acceptors (Lipinski definition) is 4. The lowest BCUT2D eigenvalue weighted by molar-refractivity contribution is 0.142. The molecule has 0 aliphatic rings. The van der Waals surface area contributed by atoms with E-state index in [1.807, 2.05) is 19.1 Å². The van der Waals surface area contributed by atoms with E-state index in [9.17, 15) is 13.2 Å². The zero-order valence-electron chi connectivity index (χ0n) is 15.1. The SMILES string of the molecule is Cc1ccnc(Nc2cc(-c3ccc4nn(C)c(C(F)F)c4c3)c(F)cn2)c1. The summed E-state index contributed by atoms with van der Waals surface area (Å²) in [5, 5.41) is 7.40. The number of aromatic nitrogens is 4. The first-order valence-electron chi connectivity index (χ1n) is 8.53. The molecule has 0 amide bonds. The highest BCUT2D eigenvalue weighted by molar-refractivity contribution is 5.87. The Morgan fingerprint density at radius 3 is 2.57 bits per heavy atom. The van der Waals surface area contributed by atoms with Crippen molar-refractivity contribution in [2.45, 2.75) is 13.3 Å². The van der Waals surface area contributed by atoms with Crippen LogP contribution in [0.15, 0.2) is 48.8 Å². The first-order valence-corrected chi connectivity index (χ1v) is 8.53. The van der Waals surface area contributed by atoms with E-state index in [2.05, 4.69) is 20.4 Å². The van der Waals surface area contributed by atoms with Crippen LogP contribution in [-0.4, -0.2) is 19.7 Å². The zero-order valence-corrected chi connectivity index (χ0v) is 15.1. The molecule has 0 atom stereocenters. The van der Waals surface area contributed by atoms with Crippen molar-refractivity contribution in [1.29, 1.82) is 0 Å². The zero-order chi connectivity index (χ0) is 19.8. The van der Waals surface area contributed by atoms with Crippen molar-refractivity contribution < 1.29 is 13.2 Å². The molecule has 0 unspecified atom stereocenters. The Labute approximate surface area is 158 Å². The van der Waals surface area contributed by atoms with Crippen LogP contribution in [0.2, 0.25) is 0 Å². The molecule has 4 aromatic rings. The number of aryl methyl sites for hydroxylation is 2. The Morgan fingerprint density at radius 2 is 1.82 bits per heavy atom. The van der Waals surface area contributed by atoms with Crippen LogP contribution in [0.4, 0.5) is 24.8 Å². The number of nitrogens with zero attached hydrogens (tertiary/aromatic N) is 4. The summed E-state index contributed by atoms with van der Waals surface area (Å²) >= 11 is 0. The van der Waals surface area contributed by atoms with Crippen molar-refractivity contribution >= 4 is 22.5 Å². The molecule has 8 heteroatoms. The lowest BCUT2D eigenvalue weighted by atomic mass is 10.0. The van der Waals surface area contributed by atoms with Gasteiger partial charge >= 0.3 is 0 Å². The first-order chi connectivity index (χ1) is 13.4. The Hall–Kier alpha value is -3.42. The standard InChI is InChI=1S/C20H16F3N5/c1-11-5-6-24-17(7-11)26-18-9-13(15(21)10-25-18)12-3-4-16-14(8-12)19(20(22)23)28(2)27-16/h3-10,20H,1-2H3,(H,24,25,26). The molecule has 1 N–H and O–H groups in total. The van der Waals surface area contributed by atoms with E-state index in [1.165, 1.54) is 19.2 Å². The molecule has 0 fully saturated rings. The molecule has 3 heterocycles. The van der Waals surface area contributed by atoms with Crippen molar-refractivity contribution in [3.8, 4) is 11.1 Å². The molecule has 0 radical (unpaired) electrons. The summed E-state index contributed by atoms with van der Waals surface area (Å²) in [6, 6.07) is 10.00. The van der Waals surface area contributed by atoms with Crippen molar-refractivity contribution in [2.75, 3.05) is 5.32 Å². The van der Waals surface area contributed by atoms with E-state index in [-0.39, 0.29) is 11.3 Å². The molecule has 4 rings (SSSR count). The predicted molar refractivity (Wildman–Crippen MR) is 101 cm³/mol. The molecule has 1 aromatic carbocycles. The van der Waals surface area contributed by atoms with Gasteiger partial charge in [-0.1, -0.05) is 6.07 Å². The van der Waals surface area contributed by atoms with Crippen LogP contribution < -0.4 is 5.32 Å². The second-order valence-corrected chi connectivity index (χ2v) is 6.43. The molecule has 142 valence electrons. The van der Waals surface area contributed by atoms with Crippen LogP contribution in [0, 0.1) is 12.7 Å². The fourth-order valence-electron chi connectivity index (χ4n) is 3.11. The summed E-state index contributed by atoms with van der Waals surface area (Å²) < 4.78 is 42.4. The van der Waals surface area contributed by atoms with Gasteiger partial charge in [0.15, 0.2) is 0 Å². The number of halogens is 3. The van der Waals surface area contributed by atoms with Gasteiger partial charge in [-0.05, 0) is 48.4 Å². The summed E-state index contributed by atoms with van der Waals surface area (Å²) in [5.41, 5.74) is 1.95. The average molecular weight is 383 g/mol. The highest BCUT2D eigenvalue weighted by Gasteiger charge is 2.19. The maximum absolute atomic E-state index is 14.4. The molecule has 28 heavy (non-hydrogen) atoms. The average Bonchev–Trinajstić information content (AvgIpc) is 2.98. The summed E-state index contributed by atoms with van der Waals surface area (Å²) in [4.78, 5) is 8.23. The van der Waals surface area contributed by atoms with E-state index in [1.54, 1.807) is 18.3 Å². The highest BCUT2D eigenvalue weighted by Crippen LogP contribution is 2.32. The number of hydrogen-bond donors (Lipinski definition) is 1. The molecule has 0 aliphatic carbocycles. The molecule has 3 aromatic heterocycles. The Morgan fingerprint density at radius 1 is 1.04 bits per heavy atom. The van der Waals surface area contributed by atoms with Gasteiger partial charge in [0.05, 0.1) is 11.7 Å². The van der Waals surface area contributed by atoms with Crippen LogP contribution in [0.25, 0.3) is 22.0 Å². The molecule has 0 aliphatic heterocycles. The number of benzene rings is 1. The Balaban J connectivity index is 1.77. The number of nitrogens with one attached hydrogen (secondary N) is 1. The predicted octanol–water partition coefficient (Wildman–Crippen LogP) is 5.16. The Bertz CT molecular complexity index is 1170. The molecule has 5 nitrogen and oxygen atoms in total. The normalized spacial score (nSPS) is 11.4. The number of rotatable bonds is 4. The minimum Gasteiger partial charge on any atom is -0.325 e. The second-order valence-electron chi connectivity index (χ2n) is 6.43. The molecule has 0 saturated carbocycles. The summed E-state index contributed by atoms with van der Waals surface area (Å²) in [5.74, 6) is 0.423. The third-order valence-electron chi connectivity index (χ3n) is 4.42. The third-order valence-corrected chi connectivity index (χ3v) is 4.42. The van der Waals surface area contributed by atoms with Crippen LogP contribution in [0.3, 0.4) is 0 Å². The van der Waals surface area contributed by atoms with E-state index in [0.29, 0.717) is 28.1 Å². The second kappa shape index (κ2) is 6.95. The topological polar surface area (TPSA) is 55.6 Å². The number of pyridine rings is 2. The van der Waals surface area contributed by atoms with Gasteiger partial charge in [-0.2, -0.15) is 5.10 Å². The van der Waals surface area contributed by atoms with Gasteiger partial charge in [-0.15, -0.1) is 0 Å². The largest absolute Gasteiger partial charge is 0.325 e. The van der Waals surface area contributed by atoms with Crippen LogP contribution in [0.5, 0.6) is 0 Å². The van der Waals surface area contributed by atoms with Gasteiger partial charge in [0.2, 0.25) is 0 Å². The van der Waals surface area contributed by atoms with Gasteiger partial charge in [-0.25, -0.2) is 23.1 Å². The third kappa shape index (κ3) is 3.28. The fourth-order valence-corrected chi connectivity index (χ4v) is 3.11. The summed E-state index contributed by atoms with van der Waals surface area (Å²) in [6.45, 7) is 1.93. The van der Waals surface area contributed by atoms with E-state index >= 15 is 0 Å². The van der Waals surface area contributed by atoms with Crippen LogP contribution in [0.1, 0.15) is 17.7 Å². The Kier molecular flexibility index (Phi) is 4.46. The monoisotopic (exact) mass is 383 g/mol. The molecular formula is C20H16F3N5. The lowest BCUT2D eigenvalue weighted by Gasteiger charge is -2.09. The van der Waals surface area contributed by atoms with Crippen molar-refractivity contribution in [3.05, 3.63) is 65.9 Å². The summed E-state index contributed by atoms with van der Waals surface area (Å²) in [6.07, 6.45) is 0.0661. The van der Waals surface area contributed by atoms with Crippen molar-refractivity contribution in [1.82, 2.24) is 19.7 Å². The first kappa shape index (κ1) is 18.0. The molecular weight excluding hydrogens is 367 g/mol. The smallest absolute Gasteiger partial charge is 0.280 e. The van der Waals surface area contributed by atoms with Gasteiger partial charge in [0, 0.05) is 24.2 Å². The lowest BCUT2D eigenvalue weighted by Crippen LogP contribution is -1.98.